The number of carboxylic acids is 1. The molecular weight excluding hydrogens is 201 g/mol. The van der Waals surface area contributed by atoms with E-state index in [1.807, 2.05) is 0 Å². The molecule has 70 valence electrons. The van der Waals surface area contributed by atoms with E-state index in [-0.39, 0.29) is 0 Å². The number of rotatable bonds is 4. The third kappa shape index (κ3) is 3.95. The van der Waals surface area contributed by atoms with E-state index in [9.17, 15) is 4.79 Å². The summed E-state index contributed by atoms with van der Waals surface area (Å²) >= 11 is 10.9. The third-order valence-electron chi connectivity index (χ3n) is 1.54. The molecule has 3 nitrogen and oxygen atoms in total. The number of likely N-dealkylation sites (N-methyl/N-ethyl adjacent to an activating group) is 1. The summed E-state index contributed by atoms with van der Waals surface area (Å²) in [6.07, 6.45) is 0. The highest BCUT2D eigenvalue weighted by atomic mass is 35.5. The molecular formula is C7H11Cl2NO2. The van der Waals surface area contributed by atoms with E-state index in [0.29, 0.717) is 11.6 Å². The van der Waals surface area contributed by atoms with E-state index in [4.69, 9.17) is 28.3 Å². The van der Waals surface area contributed by atoms with Crippen molar-refractivity contribution in [2.45, 2.75) is 13.0 Å². The highest BCUT2D eigenvalue weighted by molar-refractivity contribution is 6.36. The second kappa shape index (κ2) is 5.41. The molecule has 0 spiro atoms. The molecule has 0 rings (SSSR count). The molecule has 0 aromatic rings. The van der Waals surface area contributed by atoms with Gasteiger partial charge in [-0.25, -0.2) is 0 Å². The largest absolute Gasteiger partial charge is 0.480 e. The van der Waals surface area contributed by atoms with Crippen molar-refractivity contribution in [3.05, 3.63) is 10.6 Å². The van der Waals surface area contributed by atoms with Gasteiger partial charge in [-0.1, -0.05) is 23.2 Å². The van der Waals surface area contributed by atoms with Crippen molar-refractivity contribution < 1.29 is 9.90 Å². The minimum atomic E-state index is -0.878. The van der Waals surface area contributed by atoms with Crippen LogP contribution in [0.3, 0.4) is 0 Å². The maximum atomic E-state index is 10.5. The summed E-state index contributed by atoms with van der Waals surface area (Å²) in [5, 5.41) is 9.02. The van der Waals surface area contributed by atoms with Crippen LogP contribution in [0.5, 0.6) is 0 Å². The number of hydrogen-bond donors (Lipinski definition) is 1. The fourth-order valence-corrected chi connectivity index (χ4v) is 0.856. The molecule has 0 aliphatic rings. The molecule has 1 N–H and O–H groups in total. The molecule has 0 saturated heterocycles. The number of nitrogens with zero attached hydrogens (tertiary/aromatic N) is 1. The summed E-state index contributed by atoms with van der Waals surface area (Å²) in [4.78, 5) is 12.1. The van der Waals surface area contributed by atoms with E-state index in [1.54, 1.807) is 18.9 Å². The Labute approximate surface area is 81.6 Å². The second-order valence-electron chi connectivity index (χ2n) is 2.49. The van der Waals surface area contributed by atoms with Crippen molar-refractivity contribution in [1.29, 1.82) is 0 Å². The Bertz CT molecular complexity index is 194. The molecule has 0 amide bonds. The standard InChI is InChI=1S/C7H11Cl2NO2/c1-5(7(11)12)10(2)4-6(9)3-8/h3,5H,4H2,1-2H3,(H,11,12). The first-order chi connectivity index (χ1) is 5.49. The Balaban J connectivity index is 4.03. The normalized spacial score (nSPS) is 14.9. The monoisotopic (exact) mass is 211 g/mol. The van der Waals surface area contributed by atoms with Crippen molar-refractivity contribution in [3.8, 4) is 0 Å². The van der Waals surface area contributed by atoms with Crippen molar-refractivity contribution in [3.63, 3.8) is 0 Å². The molecule has 1 atom stereocenters. The summed E-state index contributed by atoms with van der Waals surface area (Å²) < 4.78 is 0. The summed E-state index contributed by atoms with van der Waals surface area (Å²) in [5.74, 6) is -0.878. The molecule has 0 fully saturated rings. The molecule has 0 radical (unpaired) electrons. The molecule has 0 aliphatic heterocycles. The zero-order valence-corrected chi connectivity index (χ0v) is 8.43. The predicted molar refractivity (Wildman–Crippen MR) is 49.5 cm³/mol. The molecule has 0 bridgehead atoms. The number of aliphatic carboxylic acids is 1. The van der Waals surface area contributed by atoms with Crippen molar-refractivity contribution in [2.24, 2.45) is 0 Å². The SMILES string of the molecule is CC(C(=O)O)N(C)CC(Cl)=CCl. The van der Waals surface area contributed by atoms with Crippen LogP contribution in [-0.4, -0.2) is 35.6 Å². The highest BCUT2D eigenvalue weighted by Gasteiger charge is 2.16. The molecule has 0 aliphatic carbocycles. The Morgan fingerprint density at radius 2 is 2.25 bits per heavy atom. The number of carboxylic acid groups (broad SMARTS) is 1. The quantitative estimate of drug-likeness (QED) is 0.771. The van der Waals surface area contributed by atoms with Gasteiger partial charge in [0.15, 0.2) is 0 Å². The Morgan fingerprint density at radius 1 is 1.75 bits per heavy atom. The summed E-state index contributed by atoms with van der Waals surface area (Å²) in [7, 11) is 1.67. The predicted octanol–water partition coefficient (Wildman–Crippen LogP) is 1.71. The van der Waals surface area contributed by atoms with Gasteiger partial charge in [0.1, 0.15) is 6.04 Å². The van der Waals surface area contributed by atoms with E-state index >= 15 is 0 Å². The van der Waals surface area contributed by atoms with E-state index < -0.39 is 12.0 Å². The van der Waals surface area contributed by atoms with E-state index in [1.165, 1.54) is 5.54 Å². The number of carbonyl (C=O) groups is 1. The van der Waals surface area contributed by atoms with Gasteiger partial charge in [-0.3, -0.25) is 9.69 Å². The molecule has 0 aromatic heterocycles. The lowest BCUT2D eigenvalue weighted by atomic mass is 10.3. The first kappa shape index (κ1) is 11.8. The van der Waals surface area contributed by atoms with E-state index in [0.717, 1.165) is 0 Å². The second-order valence-corrected chi connectivity index (χ2v) is 3.19. The van der Waals surface area contributed by atoms with E-state index in [2.05, 4.69) is 0 Å². The van der Waals surface area contributed by atoms with Crippen molar-refractivity contribution >= 4 is 29.2 Å². The van der Waals surface area contributed by atoms with Crippen LogP contribution in [-0.2, 0) is 4.79 Å². The van der Waals surface area contributed by atoms with Gasteiger partial charge in [-0.15, -0.1) is 0 Å². The summed E-state index contributed by atoms with van der Waals surface area (Å²) in [6, 6.07) is -0.560. The van der Waals surface area contributed by atoms with Gasteiger partial charge in [0.2, 0.25) is 0 Å². The van der Waals surface area contributed by atoms with Crippen LogP contribution in [0.15, 0.2) is 10.6 Å². The van der Waals surface area contributed by atoms with Crippen LogP contribution in [0.4, 0.5) is 0 Å². The van der Waals surface area contributed by atoms with Crippen LogP contribution < -0.4 is 0 Å². The lowest BCUT2D eigenvalue weighted by Gasteiger charge is -2.19. The Hall–Kier alpha value is -0.250. The Kier molecular flexibility index (Phi) is 5.29. The molecule has 0 saturated carbocycles. The maximum absolute atomic E-state index is 10.5. The van der Waals surface area contributed by atoms with Gasteiger partial charge in [-0.05, 0) is 14.0 Å². The maximum Gasteiger partial charge on any atom is 0.320 e. The first-order valence-corrected chi connectivity index (χ1v) is 4.18. The molecule has 0 heterocycles. The van der Waals surface area contributed by atoms with Crippen molar-refractivity contribution in [2.75, 3.05) is 13.6 Å². The topological polar surface area (TPSA) is 40.5 Å². The van der Waals surface area contributed by atoms with Gasteiger partial charge in [0.25, 0.3) is 0 Å². The van der Waals surface area contributed by atoms with Gasteiger partial charge >= 0.3 is 5.97 Å². The Morgan fingerprint density at radius 3 is 2.58 bits per heavy atom. The zero-order chi connectivity index (χ0) is 9.72. The van der Waals surface area contributed by atoms with Gasteiger partial charge in [0.05, 0.1) is 0 Å². The molecule has 0 aromatic carbocycles. The van der Waals surface area contributed by atoms with Crippen LogP contribution >= 0.6 is 23.2 Å². The number of halogens is 2. The van der Waals surface area contributed by atoms with Gasteiger partial charge < -0.3 is 5.11 Å². The highest BCUT2D eigenvalue weighted by Crippen LogP contribution is 2.07. The lowest BCUT2D eigenvalue weighted by molar-refractivity contribution is -0.141. The van der Waals surface area contributed by atoms with Crippen LogP contribution in [0, 0.1) is 0 Å². The average molecular weight is 212 g/mol. The van der Waals surface area contributed by atoms with Crippen LogP contribution in [0.1, 0.15) is 6.92 Å². The minimum Gasteiger partial charge on any atom is -0.480 e. The van der Waals surface area contributed by atoms with Crippen molar-refractivity contribution in [1.82, 2.24) is 4.90 Å². The summed E-state index contributed by atoms with van der Waals surface area (Å²) in [6.45, 7) is 1.93. The first-order valence-electron chi connectivity index (χ1n) is 3.36. The molecule has 5 heteroatoms. The molecule has 1 unspecified atom stereocenters. The summed E-state index contributed by atoms with van der Waals surface area (Å²) in [5.41, 5.74) is 1.23. The molecule has 12 heavy (non-hydrogen) atoms. The fraction of sp³-hybridized carbons (Fsp3) is 0.571. The zero-order valence-electron chi connectivity index (χ0n) is 6.92. The third-order valence-corrected chi connectivity index (χ3v) is 2.14. The van der Waals surface area contributed by atoms with Gasteiger partial charge in [0, 0.05) is 17.1 Å². The van der Waals surface area contributed by atoms with Crippen LogP contribution in [0.25, 0.3) is 0 Å². The average Bonchev–Trinajstić information content (AvgIpc) is 2.02. The van der Waals surface area contributed by atoms with Crippen LogP contribution in [0.2, 0.25) is 0 Å². The number of hydrogen-bond acceptors (Lipinski definition) is 2. The minimum absolute atomic E-state index is 0.346. The van der Waals surface area contributed by atoms with Gasteiger partial charge in [-0.2, -0.15) is 0 Å². The lowest BCUT2D eigenvalue weighted by Crippen LogP contribution is -2.36. The smallest absolute Gasteiger partial charge is 0.320 e. The fourth-order valence-electron chi connectivity index (χ4n) is 0.598.